The largest absolute Gasteiger partial charge is 0.348 e. The molecule has 1 saturated heterocycles. The third-order valence-corrected chi connectivity index (χ3v) is 7.41. The van der Waals surface area contributed by atoms with E-state index in [9.17, 15) is 0 Å². The predicted molar refractivity (Wildman–Crippen MR) is 131 cm³/mol. The smallest absolute Gasteiger partial charge is 0.169 e. The van der Waals surface area contributed by atoms with E-state index in [1.807, 2.05) is 0 Å². The fraction of sp³-hybridized carbons (Fsp3) is 1.00. The van der Waals surface area contributed by atoms with Gasteiger partial charge in [0.1, 0.15) is 0 Å². The van der Waals surface area contributed by atoms with Gasteiger partial charge in [0.25, 0.3) is 0 Å². The van der Waals surface area contributed by atoms with Crippen LogP contribution in [0.5, 0.6) is 0 Å². The van der Waals surface area contributed by atoms with Crippen LogP contribution >= 0.6 is 22.6 Å². The van der Waals surface area contributed by atoms with E-state index in [0.717, 1.165) is 6.42 Å². The van der Waals surface area contributed by atoms with E-state index in [0.29, 0.717) is 28.0 Å². The predicted octanol–water partition coefficient (Wildman–Crippen LogP) is 8.69. The molecule has 28 heavy (non-hydrogen) atoms. The highest BCUT2D eigenvalue weighted by atomic mass is 127. The Kier molecular flexibility index (Phi) is 15.6. The zero-order valence-electron chi connectivity index (χ0n) is 19.6. The van der Waals surface area contributed by atoms with Gasteiger partial charge in [-0.15, -0.1) is 0 Å². The average Bonchev–Trinajstić information content (AvgIpc) is 2.68. The van der Waals surface area contributed by atoms with Crippen LogP contribution in [-0.4, -0.2) is 22.4 Å². The maximum Gasteiger partial charge on any atom is 0.169 e. The molecular weight excluding hydrogens is 459 g/mol. The first-order valence-corrected chi connectivity index (χ1v) is 13.6. The molecule has 0 bridgehead atoms. The summed E-state index contributed by atoms with van der Waals surface area (Å²) in [5.41, 5.74) is 0. The van der Waals surface area contributed by atoms with Crippen molar-refractivity contribution in [3.05, 3.63) is 0 Å². The van der Waals surface area contributed by atoms with Crippen molar-refractivity contribution in [2.24, 2.45) is 11.8 Å². The van der Waals surface area contributed by atoms with Crippen LogP contribution < -0.4 is 0 Å². The van der Waals surface area contributed by atoms with E-state index < -0.39 is 0 Å². The van der Waals surface area contributed by atoms with E-state index in [1.165, 1.54) is 83.5 Å². The van der Waals surface area contributed by atoms with Gasteiger partial charge in [0.2, 0.25) is 0 Å². The molecule has 1 aliphatic rings. The molecule has 0 aliphatic carbocycles. The summed E-state index contributed by atoms with van der Waals surface area (Å²) in [6.07, 6.45) is 19.9. The van der Waals surface area contributed by atoms with Crippen molar-refractivity contribution in [3.63, 3.8) is 0 Å². The lowest BCUT2D eigenvalue weighted by molar-refractivity contribution is -0.256. The molecule has 0 amide bonds. The number of rotatable bonds is 16. The molecule has 0 spiro atoms. The zero-order chi connectivity index (χ0) is 20.8. The van der Waals surface area contributed by atoms with Gasteiger partial charge in [-0.2, -0.15) is 0 Å². The van der Waals surface area contributed by atoms with E-state index in [-0.39, 0.29) is 6.29 Å². The van der Waals surface area contributed by atoms with Crippen molar-refractivity contribution >= 4 is 22.6 Å². The van der Waals surface area contributed by atoms with Crippen molar-refractivity contribution in [2.45, 2.75) is 147 Å². The van der Waals surface area contributed by atoms with E-state index in [2.05, 4.69) is 57.2 Å². The van der Waals surface area contributed by atoms with Crippen LogP contribution in [-0.2, 0) is 9.47 Å². The molecular formula is C25H49IO2. The Bertz CT molecular complexity index is 342. The number of ether oxygens (including phenoxy) is 2. The van der Waals surface area contributed by atoms with Crippen molar-refractivity contribution in [1.29, 1.82) is 0 Å². The van der Waals surface area contributed by atoms with Gasteiger partial charge in [0.05, 0.1) is 16.1 Å². The van der Waals surface area contributed by atoms with Gasteiger partial charge in [-0.25, -0.2) is 0 Å². The van der Waals surface area contributed by atoms with Crippen molar-refractivity contribution in [2.75, 3.05) is 0 Å². The Morgan fingerprint density at radius 3 is 1.46 bits per heavy atom. The SMILES string of the molecule is CCCCCCCCCCCCCC[C@H](I)C1O[C@@H](C(C)C)C[C@H](C(C)C)O1. The molecule has 0 N–H and O–H groups in total. The Hall–Kier alpha value is 0.650. The second-order valence-electron chi connectivity index (χ2n) is 9.63. The maximum atomic E-state index is 6.32. The molecule has 0 unspecified atom stereocenters. The third kappa shape index (κ3) is 11.7. The van der Waals surface area contributed by atoms with Crippen LogP contribution in [0.1, 0.15) is 125 Å². The monoisotopic (exact) mass is 508 g/mol. The number of alkyl halides is 1. The molecule has 1 aliphatic heterocycles. The van der Waals surface area contributed by atoms with E-state index in [4.69, 9.17) is 9.47 Å². The first-order valence-electron chi connectivity index (χ1n) is 12.4. The molecule has 0 aromatic rings. The Morgan fingerprint density at radius 1 is 0.679 bits per heavy atom. The fourth-order valence-corrected chi connectivity index (χ4v) is 4.84. The molecule has 3 atom stereocenters. The molecule has 1 rings (SSSR count). The molecule has 0 aromatic heterocycles. The summed E-state index contributed by atoms with van der Waals surface area (Å²) in [6, 6.07) is 0. The molecule has 2 nitrogen and oxygen atoms in total. The first-order chi connectivity index (χ1) is 13.5. The highest BCUT2D eigenvalue weighted by Gasteiger charge is 2.36. The summed E-state index contributed by atoms with van der Waals surface area (Å²) in [5, 5.41) is 0. The zero-order valence-corrected chi connectivity index (χ0v) is 21.7. The quantitative estimate of drug-likeness (QED) is 0.118. The number of hydrogen-bond donors (Lipinski definition) is 0. The molecule has 0 radical (unpaired) electrons. The lowest BCUT2D eigenvalue weighted by Gasteiger charge is -2.41. The highest BCUT2D eigenvalue weighted by Crippen LogP contribution is 2.32. The summed E-state index contributed by atoms with van der Waals surface area (Å²) in [5.74, 6) is 1.14. The van der Waals surface area contributed by atoms with Crippen molar-refractivity contribution in [3.8, 4) is 0 Å². The topological polar surface area (TPSA) is 18.5 Å². The van der Waals surface area contributed by atoms with Gasteiger partial charge < -0.3 is 9.47 Å². The van der Waals surface area contributed by atoms with Crippen LogP contribution in [0.3, 0.4) is 0 Å². The van der Waals surface area contributed by atoms with Crippen LogP contribution in [0.25, 0.3) is 0 Å². The fourth-order valence-electron chi connectivity index (χ4n) is 4.06. The molecule has 168 valence electrons. The van der Waals surface area contributed by atoms with Crippen LogP contribution in [0.2, 0.25) is 0 Å². The van der Waals surface area contributed by atoms with Crippen LogP contribution in [0.4, 0.5) is 0 Å². The number of halogens is 1. The van der Waals surface area contributed by atoms with Crippen molar-refractivity contribution < 1.29 is 9.47 Å². The maximum absolute atomic E-state index is 6.32. The van der Waals surface area contributed by atoms with Gasteiger partial charge >= 0.3 is 0 Å². The average molecular weight is 509 g/mol. The minimum Gasteiger partial charge on any atom is -0.348 e. The third-order valence-electron chi connectivity index (χ3n) is 6.20. The molecule has 1 fully saturated rings. The summed E-state index contributed by atoms with van der Waals surface area (Å²) in [4.78, 5) is 0. The van der Waals surface area contributed by atoms with Gasteiger partial charge in [-0.3, -0.25) is 0 Å². The normalized spacial score (nSPS) is 24.2. The van der Waals surface area contributed by atoms with Gasteiger partial charge in [0.15, 0.2) is 6.29 Å². The standard InChI is InChI=1S/C25H49IO2/c1-6-7-8-9-10-11-12-13-14-15-16-17-18-22(26)25-27-23(20(2)3)19-24(28-25)21(4)5/h20-25H,6-19H2,1-5H3/t22-,23+,24+/m0/s1. The highest BCUT2D eigenvalue weighted by molar-refractivity contribution is 14.1. The Balaban J connectivity index is 2.08. The summed E-state index contributed by atoms with van der Waals surface area (Å²) < 4.78 is 13.1. The van der Waals surface area contributed by atoms with Gasteiger partial charge in [0, 0.05) is 6.42 Å². The Labute approximate surface area is 190 Å². The first kappa shape index (κ1) is 26.7. The lowest BCUT2D eigenvalue weighted by Crippen LogP contribution is -2.46. The summed E-state index contributed by atoms with van der Waals surface area (Å²) >= 11 is 2.57. The molecule has 0 saturated carbocycles. The van der Waals surface area contributed by atoms with E-state index in [1.54, 1.807) is 0 Å². The van der Waals surface area contributed by atoms with E-state index >= 15 is 0 Å². The molecule has 0 aromatic carbocycles. The molecule has 1 heterocycles. The number of hydrogen-bond acceptors (Lipinski definition) is 2. The second kappa shape index (κ2) is 16.4. The summed E-state index contributed by atoms with van der Waals surface area (Å²) in [7, 11) is 0. The number of unbranched alkanes of at least 4 members (excludes halogenated alkanes) is 11. The summed E-state index contributed by atoms with van der Waals surface area (Å²) in [6.45, 7) is 11.4. The minimum absolute atomic E-state index is 0.0122. The Morgan fingerprint density at radius 2 is 1.07 bits per heavy atom. The van der Waals surface area contributed by atoms with Crippen LogP contribution in [0.15, 0.2) is 0 Å². The lowest BCUT2D eigenvalue weighted by atomic mass is 9.93. The minimum atomic E-state index is -0.0122. The van der Waals surface area contributed by atoms with Gasteiger partial charge in [-0.1, -0.05) is 134 Å². The van der Waals surface area contributed by atoms with Crippen LogP contribution in [0, 0.1) is 11.8 Å². The second-order valence-corrected chi connectivity index (χ2v) is 11.2. The molecule has 3 heteroatoms. The van der Waals surface area contributed by atoms with Crippen molar-refractivity contribution in [1.82, 2.24) is 0 Å². The van der Waals surface area contributed by atoms with Gasteiger partial charge in [-0.05, 0) is 18.3 Å².